The van der Waals surface area contributed by atoms with E-state index in [-0.39, 0.29) is 19.5 Å². The van der Waals surface area contributed by atoms with Crippen LogP contribution in [-0.4, -0.2) is 45.3 Å². The van der Waals surface area contributed by atoms with Crippen molar-refractivity contribution in [1.82, 2.24) is 19.5 Å². The van der Waals surface area contributed by atoms with E-state index >= 15 is 0 Å². The average Bonchev–Trinajstić information content (AvgIpc) is 3.16. The summed E-state index contributed by atoms with van der Waals surface area (Å²) in [6.07, 6.45) is 4.38. The Hall–Kier alpha value is -2.16. The third-order valence-electron chi connectivity index (χ3n) is 4.43. The minimum Gasteiger partial charge on any atom is -0.367 e. The summed E-state index contributed by atoms with van der Waals surface area (Å²) in [5.74, 6) is 0.453. The molecule has 9 nitrogen and oxygen atoms in total. The zero-order chi connectivity index (χ0) is 21.8. The van der Waals surface area contributed by atoms with Crippen molar-refractivity contribution in [3.8, 4) is 0 Å². The molecule has 1 fully saturated rings. The molecule has 0 amide bonds. The van der Waals surface area contributed by atoms with Crippen LogP contribution in [0.15, 0.2) is 41.9 Å². The van der Waals surface area contributed by atoms with Crippen molar-refractivity contribution in [2.75, 3.05) is 19.5 Å². The summed E-state index contributed by atoms with van der Waals surface area (Å²) in [5, 5.41) is 0.578. The lowest BCUT2D eigenvalue weighted by molar-refractivity contribution is 0.0563. The number of hydrogen-bond donors (Lipinski definition) is 0. The molecule has 0 radical (unpaired) electrons. The molecule has 2 aromatic heterocycles. The summed E-state index contributed by atoms with van der Waals surface area (Å²) in [7, 11) is -3.51. The number of hydrogen-bond acceptors (Lipinski definition) is 8. The Kier molecular flexibility index (Phi) is 6.15. The Morgan fingerprint density at radius 3 is 3.20 bits per heavy atom. The predicted octanol–water partition coefficient (Wildman–Crippen LogP) is 4.55. The molecule has 1 unspecified atom stereocenters. The van der Waals surface area contributed by atoms with Gasteiger partial charge in [-0.25, -0.2) is 19.9 Å². The fourth-order valence-corrected chi connectivity index (χ4v) is 4.75. The predicted molar refractivity (Wildman–Crippen MR) is 113 cm³/mol. The quantitative estimate of drug-likeness (QED) is 0.383. The molecule has 11 heteroatoms. The van der Waals surface area contributed by atoms with Gasteiger partial charge in [0.1, 0.15) is 12.7 Å². The van der Waals surface area contributed by atoms with E-state index in [1.54, 1.807) is 36.2 Å². The van der Waals surface area contributed by atoms with E-state index in [9.17, 15) is 4.57 Å². The summed E-state index contributed by atoms with van der Waals surface area (Å²) in [5.41, 5.74) is 1.90. The Bertz CT molecular complexity index is 1140. The minimum absolute atomic E-state index is 0.126. The van der Waals surface area contributed by atoms with Crippen LogP contribution in [0.5, 0.6) is 0 Å². The minimum atomic E-state index is -3.51. The van der Waals surface area contributed by atoms with Gasteiger partial charge in [-0.1, -0.05) is 23.7 Å². The molecule has 30 heavy (non-hydrogen) atoms. The smallest absolute Gasteiger partial charge is 0.356 e. The average molecular weight is 452 g/mol. The first-order chi connectivity index (χ1) is 15.0. The number of aryl methyl sites for hydroxylation is 1. The van der Waals surface area contributed by atoms with Crippen molar-refractivity contribution in [2.45, 2.75) is 26.0 Å². The van der Waals surface area contributed by atoms with Gasteiger partial charge in [0.2, 0.25) is 0 Å². The summed E-state index contributed by atoms with van der Waals surface area (Å²) in [6, 6.07) is 7.22. The third kappa shape index (κ3) is 4.77. The van der Waals surface area contributed by atoms with Crippen LogP contribution in [0.1, 0.15) is 26.4 Å². The highest BCUT2D eigenvalue weighted by Crippen LogP contribution is 2.56. The molecular formula is C19H21ClN5O4P. The van der Waals surface area contributed by atoms with E-state index in [2.05, 4.69) is 19.9 Å². The molecule has 1 saturated heterocycles. The molecular weight excluding hydrogens is 429 g/mol. The lowest BCUT2D eigenvalue weighted by Gasteiger charge is -2.30. The lowest BCUT2D eigenvalue weighted by Crippen LogP contribution is -2.17. The topological polar surface area (TPSA) is 101 Å². The number of fused-ring (bicyclic) bond motifs is 1. The monoisotopic (exact) mass is 451 g/mol. The maximum Gasteiger partial charge on any atom is 0.356 e. The third-order valence-corrected chi connectivity index (χ3v) is 6.28. The number of nitrogens with zero attached hydrogens (tertiary/aromatic N) is 5. The van der Waals surface area contributed by atoms with Crippen molar-refractivity contribution in [3.05, 3.63) is 47.5 Å². The van der Waals surface area contributed by atoms with Crippen molar-refractivity contribution >= 4 is 42.4 Å². The lowest BCUT2D eigenvalue weighted by atomic mass is 10.1. The molecule has 0 N–H and O–H groups in total. The number of imidazole rings is 1. The van der Waals surface area contributed by atoms with Gasteiger partial charge in [0, 0.05) is 24.2 Å². The maximum absolute atomic E-state index is 13.0. The van der Waals surface area contributed by atoms with Crippen LogP contribution in [0.4, 0.5) is 5.82 Å². The molecule has 1 aliphatic heterocycles. The van der Waals surface area contributed by atoms with Gasteiger partial charge < -0.3 is 13.8 Å². The second kappa shape index (κ2) is 9.32. The molecule has 0 aliphatic carbocycles. The molecule has 0 saturated carbocycles. The zero-order valence-corrected chi connectivity index (χ0v) is 17.9. The summed E-state index contributed by atoms with van der Waals surface area (Å²) < 4.78 is 39.5. The molecule has 158 valence electrons. The molecule has 0 spiro atoms. The molecule has 1 aromatic carbocycles. The van der Waals surface area contributed by atoms with Gasteiger partial charge in [-0.05, 0) is 24.6 Å². The van der Waals surface area contributed by atoms with Gasteiger partial charge in [-0.15, -0.1) is 0 Å². The van der Waals surface area contributed by atoms with Crippen molar-refractivity contribution in [1.29, 1.82) is 0 Å². The number of ether oxygens (including phenoxy) is 1. The highest BCUT2D eigenvalue weighted by Gasteiger charge is 2.34. The van der Waals surface area contributed by atoms with Crippen LogP contribution in [-0.2, 0) is 24.9 Å². The number of aliphatic imine (C=N–C) groups is 1. The highest BCUT2D eigenvalue weighted by atomic mass is 35.5. The van der Waals surface area contributed by atoms with E-state index in [1.807, 2.05) is 12.1 Å². The highest BCUT2D eigenvalue weighted by molar-refractivity contribution is 7.53. The molecule has 4 rings (SSSR count). The van der Waals surface area contributed by atoms with Gasteiger partial charge in [0.05, 0.1) is 27.0 Å². The van der Waals surface area contributed by atoms with Crippen molar-refractivity contribution in [2.24, 2.45) is 4.99 Å². The molecule has 3 atom stereocenters. The van der Waals surface area contributed by atoms with Gasteiger partial charge >= 0.3 is 7.60 Å². The number of benzene rings is 1. The molecule has 3 aromatic rings. The summed E-state index contributed by atoms with van der Waals surface area (Å²) in [6.45, 7) is 1.15. The van der Waals surface area contributed by atoms with Crippen LogP contribution in [0, 0.1) is 0 Å². The van der Waals surface area contributed by atoms with Crippen LogP contribution < -0.4 is 0 Å². The standard InChI is InChI=1S/C19H21ClN5O4P/c1-2-21-18-17-19(23-11-22-18)25(12-24-17)7-9-27-13-30(26)28-8-6-16(29-30)14-4-3-5-15(20)10-14/h2-5,10-12,16H,6-9,13H2,1H3/t16-,30+/m0/s1/i9T/t9?,16-,30+. The SMILES string of the molecule is [3H]C(Cn1cnc2c(N=CC)ncnc21)OC[P@@]1(=O)OCC[C@@H](c2cccc(Cl)c2)O1. The van der Waals surface area contributed by atoms with E-state index in [1.165, 1.54) is 6.33 Å². The molecule has 1 aliphatic rings. The fraction of sp³-hybridized carbons (Fsp3) is 0.368. The Balaban J connectivity index is 1.39. The van der Waals surface area contributed by atoms with Gasteiger partial charge in [0.15, 0.2) is 17.0 Å². The second-order valence-corrected chi connectivity index (χ2v) is 8.88. The largest absolute Gasteiger partial charge is 0.367 e. The number of halogens is 1. The Labute approximate surface area is 180 Å². The van der Waals surface area contributed by atoms with Crippen LogP contribution in [0.2, 0.25) is 5.02 Å². The molecule has 3 heterocycles. The maximum atomic E-state index is 13.0. The van der Waals surface area contributed by atoms with Crippen molar-refractivity contribution in [3.63, 3.8) is 0 Å². The number of aromatic nitrogens is 4. The van der Waals surface area contributed by atoms with Gasteiger partial charge in [-0.3, -0.25) is 9.09 Å². The first-order valence-electron chi connectivity index (χ1n) is 9.91. The van der Waals surface area contributed by atoms with Gasteiger partial charge in [-0.2, -0.15) is 0 Å². The number of rotatable bonds is 7. The van der Waals surface area contributed by atoms with E-state index < -0.39 is 20.3 Å². The summed E-state index contributed by atoms with van der Waals surface area (Å²) >= 11 is 6.04. The van der Waals surface area contributed by atoms with E-state index in [4.69, 9.17) is 26.8 Å². The zero-order valence-electron chi connectivity index (χ0n) is 17.2. The normalized spacial score (nSPS) is 23.7. The summed E-state index contributed by atoms with van der Waals surface area (Å²) in [4.78, 5) is 16.7. The van der Waals surface area contributed by atoms with Crippen LogP contribution >= 0.6 is 19.2 Å². The second-order valence-electron chi connectivity index (χ2n) is 6.50. The Morgan fingerprint density at radius 2 is 2.37 bits per heavy atom. The van der Waals surface area contributed by atoms with Crippen LogP contribution in [0.3, 0.4) is 0 Å². The van der Waals surface area contributed by atoms with E-state index in [0.29, 0.717) is 28.4 Å². The van der Waals surface area contributed by atoms with Crippen molar-refractivity contribution < 1.29 is 19.7 Å². The van der Waals surface area contributed by atoms with E-state index in [0.717, 1.165) is 5.56 Å². The Morgan fingerprint density at radius 1 is 1.47 bits per heavy atom. The first kappa shape index (κ1) is 19.8. The fourth-order valence-electron chi connectivity index (χ4n) is 3.07. The van der Waals surface area contributed by atoms with Crippen LogP contribution in [0.25, 0.3) is 11.2 Å². The molecule has 0 bridgehead atoms. The van der Waals surface area contributed by atoms with Gasteiger partial charge in [0.25, 0.3) is 0 Å². The first-order valence-corrected chi connectivity index (χ1v) is 11.4.